The van der Waals surface area contributed by atoms with Crippen molar-refractivity contribution in [3.63, 3.8) is 0 Å². The minimum atomic E-state index is -3.55. The van der Waals surface area contributed by atoms with Crippen molar-refractivity contribution in [2.75, 3.05) is 19.7 Å². The molecule has 0 amide bonds. The standard InChI is InChI=1S/C18H19Cl2NO4S/c1-3-21(4-2)26(23,24)15-8-5-13(6-9-15)17(22)12-25-18-11-14(19)7-10-16(18)20/h5-11H,3-4,12H2,1-2H3. The predicted octanol–water partition coefficient (Wildman–Crippen LogP) is 4.29. The average Bonchev–Trinajstić information content (AvgIpc) is 2.63. The molecule has 2 rings (SSSR count). The van der Waals surface area contributed by atoms with Gasteiger partial charge in [-0.15, -0.1) is 0 Å². The number of nitrogens with zero attached hydrogens (tertiary/aromatic N) is 1. The number of ketones is 1. The molecule has 2 aromatic carbocycles. The molecule has 2 aromatic rings. The van der Waals surface area contributed by atoms with Crippen LogP contribution in [0.15, 0.2) is 47.4 Å². The maximum atomic E-state index is 12.4. The fraction of sp³-hybridized carbons (Fsp3) is 0.278. The summed E-state index contributed by atoms with van der Waals surface area (Å²) in [4.78, 5) is 12.4. The van der Waals surface area contributed by atoms with Crippen molar-refractivity contribution in [2.45, 2.75) is 18.7 Å². The second-order valence-corrected chi connectivity index (χ2v) is 8.18. The summed E-state index contributed by atoms with van der Waals surface area (Å²) in [6, 6.07) is 10.5. The second kappa shape index (κ2) is 8.86. The van der Waals surface area contributed by atoms with Crippen LogP contribution >= 0.6 is 23.2 Å². The van der Waals surface area contributed by atoms with Crippen LogP contribution < -0.4 is 4.74 Å². The zero-order chi connectivity index (χ0) is 19.3. The van der Waals surface area contributed by atoms with Gasteiger partial charge in [0.25, 0.3) is 0 Å². The molecule has 0 heterocycles. The maximum absolute atomic E-state index is 12.4. The average molecular weight is 416 g/mol. The Balaban J connectivity index is 2.10. The third kappa shape index (κ3) is 4.76. The largest absolute Gasteiger partial charge is 0.484 e. The molecular weight excluding hydrogens is 397 g/mol. The maximum Gasteiger partial charge on any atom is 0.243 e. The van der Waals surface area contributed by atoms with Crippen molar-refractivity contribution >= 4 is 39.0 Å². The first kappa shape index (κ1) is 20.7. The Hall–Kier alpha value is -1.60. The van der Waals surface area contributed by atoms with E-state index in [0.717, 1.165) is 0 Å². The van der Waals surface area contributed by atoms with E-state index >= 15 is 0 Å². The van der Waals surface area contributed by atoms with Crippen LogP contribution in [0.5, 0.6) is 5.75 Å². The molecule has 0 atom stereocenters. The first-order valence-corrected chi connectivity index (χ1v) is 10.2. The van der Waals surface area contributed by atoms with Crippen molar-refractivity contribution < 1.29 is 17.9 Å². The van der Waals surface area contributed by atoms with E-state index in [0.29, 0.717) is 34.4 Å². The molecule has 5 nitrogen and oxygen atoms in total. The number of hydrogen-bond donors (Lipinski definition) is 0. The number of halogens is 2. The third-order valence-corrected chi connectivity index (χ3v) is 6.38. The van der Waals surface area contributed by atoms with Crippen LogP contribution in [0.1, 0.15) is 24.2 Å². The Bertz CT molecular complexity index is 879. The Morgan fingerprint density at radius 2 is 1.65 bits per heavy atom. The van der Waals surface area contributed by atoms with Gasteiger partial charge in [-0.05, 0) is 36.4 Å². The highest BCUT2D eigenvalue weighted by Gasteiger charge is 2.21. The lowest BCUT2D eigenvalue weighted by molar-refractivity contribution is 0.0921. The van der Waals surface area contributed by atoms with Crippen LogP contribution in [0, 0.1) is 0 Å². The highest BCUT2D eigenvalue weighted by molar-refractivity contribution is 7.89. The summed E-state index contributed by atoms with van der Waals surface area (Å²) < 4.78 is 31.7. The van der Waals surface area contributed by atoms with Crippen LogP contribution in [0.4, 0.5) is 0 Å². The molecule has 0 N–H and O–H groups in total. The molecule has 0 saturated heterocycles. The first-order valence-electron chi connectivity index (χ1n) is 8.00. The normalized spacial score (nSPS) is 11.6. The summed E-state index contributed by atoms with van der Waals surface area (Å²) in [6.07, 6.45) is 0. The van der Waals surface area contributed by atoms with E-state index in [1.807, 2.05) is 0 Å². The molecule has 26 heavy (non-hydrogen) atoms. The highest BCUT2D eigenvalue weighted by Crippen LogP contribution is 2.27. The summed E-state index contributed by atoms with van der Waals surface area (Å²) in [5.41, 5.74) is 0.349. The SMILES string of the molecule is CCN(CC)S(=O)(=O)c1ccc(C(=O)COc2cc(Cl)ccc2Cl)cc1. The van der Waals surface area contributed by atoms with E-state index in [1.165, 1.54) is 34.6 Å². The fourth-order valence-electron chi connectivity index (χ4n) is 2.34. The highest BCUT2D eigenvalue weighted by atomic mass is 35.5. The van der Waals surface area contributed by atoms with Crippen molar-refractivity contribution in [2.24, 2.45) is 0 Å². The molecule has 140 valence electrons. The van der Waals surface area contributed by atoms with Gasteiger partial charge in [-0.3, -0.25) is 4.79 Å². The monoisotopic (exact) mass is 415 g/mol. The van der Waals surface area contributed by atoms with Gasteiger partial charge < -0.3 is 4.74 Å². The second-order valence-electron chi connectivity index (χ2n) is 5.40. The number of hydrogen-bond acceptors (Lipinski definition) is 4. The van der Waals surface area contributed by atoms with E-state index in [4.69, 9.17) is 27.9 Å². The number of ether oxygens (including phenoxy) is 1. The Kier molecular flexibility index (Phi) is 7.06. The van der Waals surface area contributed by atoms with Crippen LogP contribution in [-0.4, -0.2) is 38.2 Å². The Morgan fingerprint density at radius 3 is 2.23 bits per heavy atom. The molecule has 0 spiro atoms. The molecule has 0 bridgehead atoms. The summed E-state index contributed by atoms with van der Waals surface area (Å²) in [5, 5.41) is 0.797. The number of Topliss-reactive ketones (excluding diaryl/α,β-unsaturated/α-hetero) is 1. The van der Waals surface area contributed by atoms with Gasteiger partial charge in [0.05, 0.1) is 9.92 Å². The summed E-state index contributed by atoms with van der Waals surface area (Å²) in [7, 11) is -3.55. The van der Waals surface area contributed by atoms with Crippen molar-refractivity contribution in [1.29, 1.82) is 0 Å². The molecule has 0 saturated carbocycles. The molecule has 8 heteroatoms. The molecule has 0 aliphatic carbocycles. The van der Waals surface area contributed by atoms with Gasteiger partial charge in [0.15, 0.2) is 12.4 Å². The number of rotatable bonds is 8. The lowest BCUT2D eigenvalue weighted by Crippen LogP contribution is -2.30. The number of benzene rings is 2. The summed E-state index contributed by atoms with van der Waals surface area (Å²) >= 11 is 11.9. The zero-order valence-corrected chi connectivity index (χ0v) is 16.7. The fourth-order valence-corrected chi connectivity index (χ4v) is 4.13. The van der Waals surface area contributed by atoms with E-state index < -0.39 is 10.0 Å². The van der Waals surface area contributed by atoms with Crippen molar-refractivity contribution in [1.82, 2.24) is 4.31 Å². The van der Waals surface area contributed by atoms with Crippen molar-refractivity contribution in [3.8, 4) is 5.75 Å². The van der Waals surface area contributed by atoms with Gasteiger partial charge in [-0.25, -0.2) is 8.42 Å². The van der Waals surface area contributed by atoms with Gasteiger partial charge in [0.2, 0.25) is 10.0 Å². The van der Waals surface area contributed by atoms with Crippen LogP contribution in [-0.2, 0) is 10.0 Å². The quantitative estimate of drug-likeness (QED) is 0.603. The number of carbonyl (C=O) groups is 1. The molecular formula is C18H19Cl2NO4S. The lowest BCUT2D eigenvalue weighted by Gasteiger charge is -2.18. The molecule has 0 aliphatic rings. The molecule has 0 unspecified atom stereocenters. The zero-order valence-electron chi connectivity index (χ0n) is 14.4. The molecule has 0 aliphatic heterocycles. The summed E-state index contributed by atoms with van der Waals surface area (Å²) in [5.74, 6) is 0.0149. The number of carbonyl (C=O) groups excluding carboxylic acids is 1. The van der Waals surface area contributed by atoms with E-state index in [1.54, 1.807) is 26.0 Å². The minimum absolute atomic E-state index is 0.150. The van der Waals surface area contributed by atoms with E-state index in [-0.39, 0.29) is 17.3 Å². The van der Waals surface area contributed by atoms with E-state index in [9.17, 15) is 13.2 Å². The molecule has 0 fully saturated rings. The smallest absolute Gasteiger partial charge is 0.243 e. The van der Waals surface area contributed by atoms with Gasteiger partial charge in [0.1, 0.15) is 5.75 Å². The topological polar surface area (TPSA) is 63.7 Å². The first-order chi connectivity index (χ1) is 12.3. The van der Waals surface area contributed by atoms with Gasteiger partial charge in [0, 0.05) is 29.7 Å². The summed E-state index contributed by atoms with van der Waals surface area (Å²) in [6.45, 7) is 4.08. The molecule has 0 radical (unpaired) electrons. The Morgan fingerprint density at radius 1 is 1.04 bits per heavy atom. The molecule has 0 aromatic heterocycles. The minimum Gasteiger partial charge on any atom is -0.484 e. The van der Waals surface area contributed by atoms with Gasteiger partial charge in [-0.1, -0.05) is 37.0 Å². The predicted molar refractivity (Wildman–Crippen MR) is 103 cm³/mol. The van der Waals surface area contributed by atoms with E-state index in [2.05, 4.69) is 0 Å². The van der Waals surface area contributed by atoms with Crippen LogP contribution in [0.2, 0.25) is 10.0 Å². The van der Waals surface area contributed by atoms with Gasteiger partial charge in [-0.2, -0.15) is 4.31 Å². The Labute approximate surface area is 163 Å². The van der Waals surface area contributed by atoms with Crippen LogP contribution in [0.25, 0.3) is 0 Å². The van der Waals surface area contributed by atoms with Gasteiger partial charge >= 0.3 is 0 Å². The third-order valence-electron chi connectivity index (χ3n) is 3.77. The lowest BCUT2D eigenvalue weighted by atomic mass is 10.1. The number of sulfonamides is 1. The van der Waals surface area contributed by atoms with Crippen molar-refractivity contribution in [3.05, 3.63) is 58.1 Å². The van der Waals surface area contributed by atoms with Crippen LogP contribution in [0.3, 0.4) is 0 Å².